The molecule has 2 aromatic heterocycles. The predicted octanol–water partition coefficient (Wildman–Crippen LogP) is 1.90. The summed E-state index contributed by atoms with van der Waals surface area (Å²) in [6.07, 6.45) is 0. The van der Waals surface area contributed by atoms with E-state index in [4.69, 9.17) is 0 Å². The van der Waals surface area contributed by atoms with E-state index in [-0.39, 0.29) is 6.04 Å². The molecule has 5 nitrogen and oxygen atoms in total. The lowest BCUT2D eigenvalue weighted by Crippen LogP contribution is -2.21. The van der Waals surface area contributed by atoms with Crippen LogP contribution in [0.1, 0.15) is 28.7 Å². The van der Waals surface area contributed by atoms with Crippen molar-refractivity contribution in [3.63, 3.8) is 0 Å². The Morgan fingerprint density at radius 1 is 1.28 bits per heavy atom. The topological polar surface area (TPSA) is 55.6 Å². The Hall–Kier alpha value is -1.27. The quantitative estimate of drug-likeness (QED) is 0.941. The van der Waals surface area contributed by atoms with Crippen molar-refractivity contribution in [3.8, 4) is 0 Å². The van der Waals surface area contributed by atoms with Gasteiger partial charge in [-0.1, -0.05) is 5.21 Å². The molecule has 2 aromatic rings. The van der Waals surface area contributed by atoms with Crippen LogP contribution in [-0.2, 0) is 7.05 Å². The summed E-state index contributed by atoms with van der Waals surface area (Å²) in [4.78, 5) is 4.40. The van der Waals surface area contributed by atoms with Crippen molar-refractivity contribution >= 4 is 15.9 Å². The highest BCUT2D eigenvalue weighted by atomic mass is 79.9. The van der Waals surface area contributed by atoms with Crippen molar-refractivity contribution in [1.82, 2.24) is 25.3 Å². The molecule has 6 heteroatoms. The largest absolute Gasteiger partial charge is 0.308 e. The van der Waals surface area contributed by atoms with Gasteiger partial charge in [-0.05, 0) is 54.5 Å². The van der Waals surface area contributed by atoms with Gasteiger partial charge >= 0.3 is 0 Å². The minimum Gasteiger partial charge on any atom is -0.308 e. The molecule has 2 rings (SSSR count). The van der Waals surface area contributed by atoms with Crippen LogP contribution in [0.25, 0.3) is 0 Å². The van der Waals surface area contributed by atoms with Crippen LogP contribution in [0.4, 0.5) is 0 Å². The molecule has 0 saturated carbocycles. The number of halogens is 1. The van der Waals surface area contributed by atoms with E-state index in [1.165, 1.54) is 0 Å². The van der Waals surface area contributed by atoms with Crippen LogP contribution in [0.3, 0.4) is 0 Å². The van der Waals surface area contributed by atoms with Gasteiger partial charge in [-0.15, -0.1) is 5.10 Å². The molecule has 1 unspecified atom stereocenters. The molecule has 0 amide bonds. The zero-order valence-electron chi connectivity index (χ0n) is 10.9. The average molecular weight is 310 g/mol. The van der Waals surface area contributed by atoms with Crippen LogP contribution in [-0.4, -0.2) is 27.0 Å². The molecular formula is C12H16BrN5. The first-order chi connectivity index (χ1) is 8.52. The number of aryl methyl sites for hydroxylation is 3. The molecule has 1 atom stereocenters. The Bertz CT molecular complexity index is 524. The molecule has 0 spiro atoms. The fourth-order valence-corrected chi connectivity index (χ4v) is 2.70. The Balaban J connectivity index is 2.52. The minimum absolute atomic E-state index is 0.0415. The Labute approximate surface area is 115 Å². The summed E-state index contributed by atoms with van der Waals surface area (Å²) in [5, 5.41) is 11.3. The summed E-state index contributed by atoms with van der Waals surface area (Å²) in [5.41, 5.74) is 4.18. The second-order valence-electron chi connectivity index (χ2n) is 4.29. The third-order valence-corrected chi connectivity index (χ3v) is 3.39. The van der Waals surface area contributed by atoms with Crippen molar-refractivity contribution in [2.24, 2.45) is 7.05 Å². The van der Waals surface area contributed by atoms with Gasteiger partial charge in [0.05, 0.1) is 11.7 Å². The first kappa shape index (κ1) is 13.2. The Kier molecular flexibility index (Phi) is 3.77. The van der Waals surface area contributed by atoms with Crippen LogP contribution in [0.15, 0.2) is 16.7 Å². The first-order valence-corrected chi connectivity index (χ1v) is 6.49. The van der Waals surface area contributed by atoms with Gasteiger partial charge in [0.25, 0.3) is 0 Å². The van der Waals surface area contributed by atoms with E-state index in [0.29, 0.717) is 0 Å². The van der Waals surface area contributed by atoms with Crippen LogP contribution in [0.2, 0.25) is 0 Å². The fourth-order valence-electron chi connectivity index (χ4n) is 2.14. The van der Waals surface area contributed by atoms with Gasteiger partial charge in [0.1, 0.15) is 0 Å². The normalized spacial score (nSPS) is 12.7. The van der Waals surface area contributed by atoms with E-state index in [9.17, 15) is 0 Å². The SMILES string of the molecule is CNC(c1cc(C)nc(C)c1)c1c(Br)nnn1C. The summed E-state index contributed by atoms with van der Waals surface area (Å²) < 4.78 is 2.53. The number of nitrogens with one attached hydrogen (secondary N) is 1. The summed E-state index contributed by atoms with van der Waals surface area (Å²) in [6.45, 7) is 4.00. The van der Waals surface area contributed by atoms with E-state index in [0.717, 1.165) is 27.2 Å². The Morgan fingerprint density at radius 2 is 1.89 bits per heavy atom. The number of hydrogen-bond donors (Lipinski definition) is 1. The summed E-state index contributed by atoms with van der Waals surface area (Å²) in [6, 6.07) is 4.20. The standard InChI is InChI=1S/C12H16BrN5/c1-7-5-9(6-8(2)15-7)10(14-3)11-12(13)16-17-18(11)4/h5-6,10,14H,1-4H3. The number of rotatable bonds is 3. The summed E-state index contributed by atoms with van der Waals surface area (Å²) in [5.74, 6) is 0. The lowest BCUT2D eigenvalue weighted by molar-refractivity contribution is 0.595. The molecule has 96 valence electrons. The monoisotopic (exact) mass is 309 g/mol. The number of hydrogen-bond acceptors (Lipinski definition) is 4. The highest BCUT2D eigenvalue weighted by molar-refractivity contribution is 9.10. The minimum atomic E-state index is 0.0415. The van der Waals surface area contributed by atoms with Crippen molar-refractivity contribution < 1.29 is 0 Å². The van der Waals surface area contributed by atoms with Crippen molar-refractivity contribution in [3.05, 3.63) is 39.4 Å². The molecule has 18 heavy (non-hydrogen) atoms. The highest BCUT2D eigenvalue weighted by Crippen LogP contribution is 2.26. The second kappa shape index (κ2) is 5.16. The van der Waals surface area contributed by atoms with Crippen LogP contribution >= 0.6 is 15.9 Å². The molecule has 0 fully saturated rings. The molecule has 0 aliphatic rings. The van der Waals surface area contributed by atoms with Gasteiger partial charge in [-0.2, -0.15) is 0 Å². The highest BCUT2D eigenvalue weighted by Gasteiger charge is 2.20. The van der Waals surface area contributed by atoms with Crippen molar-refractivity contribution in [1.29, 1.82) is 0 Å². The molecule has 0 saturated heterocycles. The lowest BCUT2D eigenvalue weighted by Gasteiger charge is -2.17. The predicted molar refractivity (Wildman–Crippen MR) is 73.3 cm³/mol. The van der Waals surface area contributed by atoms with Crippen molar-refractivity contribution in [2.75, 3.05) is 7.05 Å². The van der Waals surface area contributed by atoms with Crippen LogP contribution < -0.4 is 5.32 Å². The van der Waals surface area contributed by atoms with E-state index >= 15 is 0 Å². The molecule has 0 bridgehead atoms. The smallest absolute Gasteiger partial charge is 0.153 e. The zero-order valence-corrected chi connectivity index (χ0v) is 12.5. The Morgan fingerprint density at radius 3 is 2.33 bits per heavy atom. The van der Waals surface area contributed by atoms with Gasteiger partial charge in [0, 0.05) is 18.4 Å². The molecular weight excluding hydrogens is 294 g/mol. The van der Waals surface area contributed by atoms with Gasteiger partial charge in [0.15, 0.2) is 4.60 Å². The van der Waals surface area contributed by atoms with Gasteiger partial charge in [0.2, 0.25) is 0 Å². The second-order valence-corrected chi connectivity index (χ2v) is 5.05. The summed E-state index contributed by atoms with van der Waals surface area (Å²) >= 11 is 3.44. The van der Waals surface area contributed by atoms with E-state index in [1.54, 1.807) is 4.68 Å². The number of nitrogens with zero attached hydrogens (tertiary/aromatic N) is 4. The third kappa shape index (κ3) is 2.44. The zero-order chi connectivity index (χ0) is 13.3. The van der Waals surface area contributed by atoms with Crippen LogP contribution in [0.5, 0.6) is 0 Å². The maximum Gasteiger partial charge on any atom is 0.153 e. The third-order valence-electron chi connectivity index (χ3n) is 2.83. The van der Waals surface area contributed by atoms with E-state index in [1.807, 2.05) is 27.9 Å². The fraction of sp³-hybridized carbons (Fsp3) is 0.417. The van der Waals surface area contributed by atoms with E-state index in [2.05, 4.69) is 48.7 Å². The van der Waals surface area contributed by atoms with Crippen molar-refractivity contribution in [2.45, 2.75) is 19.9 Å². The molecule has 0 aliphatic carbocycles. The summed E-state index contributed by atoms with van der Waals surface area (Å²) in [7, 11) is 3.81. The molecule has 0 aliphatic heterocycles. The van der Waals surface area contributed by atoms with Gasteiger partial charge < -0.3 is 5.32 Å². The molecule has 0 radical (unpaired) electrons. The lowest BCUT2D eigenvalue weighted by atomic mass is 10.0. The average Bonchev–Trinajstić information content (AvgIpc) is 2.61. The van der Waals surface area contributed by atoms with E-state index < -0.39 is 0 Å². The molecule has 0 aromatic carbocycles. The maximum atomic E-state index is 4.40. The maximum absolute atomic E-state index is 4.40. The van der Waals surface area contributed by atoms with Gasteiger partial charge in [-0.25, -0.2) is 4.68 Å². The molecule has 1 N–H and O–H groups in total. The van der Waals surface area contributed by atoms with Gasteiger partial charge in [-0.3, -0.25) is 4.98 Å². The van der Waals surface area contributed by atoms with Crippen LogP contribution in [0, 0.1) is 13.8 Å². The number of pyridine rings is 1. The number of aromatic nitrogens is 4. The first-order valence-electron chi connectivity index (χ1n) is 5.70. The molecule has 2 heterocycles.